The van der Waals surface area contributed by atoms with E-state index in [1.54, 1.807) is 23.9 Å². The Hall–Kier alpha value is -3.57. The molecule has 1 unspecified atom stereocenters. The van der Waals surface area contributed by atoms with Gasteiger partial charge in [-0.05, 0) is 43.4 Å². The lowest BCUT2D eigenvalue weighted by atomic mass is 10.0. The summed E-state index contributed by atoms with van der Waals surface area (Å²) in [5.74, 6) is -1.93. The number of amides is 2. The monoisotopic (exact) mass is 644 g/mol. The number of nitrogens with one attached hydrogen (secondary N) is 1. The molecule has 2 aliphatic heterocycles. The number of fused-ring (bicyclic) bond motifs is 1. The third-order valence-electron chi connectivity index (χ3n) is 8.37. The highest BCUT2D eigenvalue weighted by Crippen LogP contribution is 2.37. The average molecular weight is 645 g/mol. The summed E-state index contributed by atoms with van der Waals surface area (Å²) < 4.78 is 28.2. The van der Waals surface area contributed by atoms with Gasteiger partial charge in [0.1, 0.15) is 18.0 Å². The Morgan fingerprint density at radius 2 is 1.93 bits per heavy atom. The van der Waals surface area contributed by atoms with E-state index < -0.39 is 37.1 Å². The first-order chi connectivity index (χ1) is 21.5. The molecule has 4 rings (SSSR count). The van der Waals surface area contributed by atoms with Crippen LogP contribution in [0.2, 0.25) is 0 Å². The maximum atomic E-state index is 14.9. The van der Waals surface area contributed by atoms with Crippen molar-refractivity contribution in [2.45, 2.75) is 58.7 Å². The number of carbonyl (C=O) groups is 2. The van der Waals surface area contributed by atoms with E-state index in [4.69, 9.17) is 9.47 Å². The van der Waals surface area contributed by atoms with Gasteiger partial charge in [-0.25, -0.2) is 4.39 Å². The van der Waals surface area contributed by atoms with Gasteiger partial charge in [0.2, 0.25) is 5.43 Å². The number of pyridine rings is 1. The molecule has 1 aromatic heterocycles. The molecule has 2 aromatic rings. The van der Waals surface area contributed by atoms with E-state index >= 15 is 0 Å². The predicted molar refractivity (Wildman–Crippen MR) is 170 cm³/mol. The maximum absolute atomic E-state index is 14.9. The van der Waals surface area contributed by atoms with Gasteiger partial charge in [0.15, 0.2) is 25.5 Å². The van der Waals surface area contributed by atoms with Gasteiger partial charge in [-0.1, -0.05) is 49.8 Å². The summed E-state index contributed by atoms with van der Waals surface area (Å²) in [7, 11) is -0.399. The van der Waals surface area contributed by atoms with Crippen LogP contribution in [-0.2, 0) is 11.3 Å². The smallest absolute Gasteiger partial charge is 0.278 e. The zero-order chi connectivity index (χ0) is 32.7. The van der Waals surface area contributed by atoms with Crippen LogP contribution < -0.4 is 20.5 Å². The summed E-state index contributed by atoms with van der Waals surface area (Å²) in [5.41, 5.74) is -0.0280. The summed E-state index contributed by atoms with van der Waals surface area (Å²) >= 11 is 0. The van der Waals surface area contributed by atoms with Crippen LogP contribution in [0.25, 0.3) is 0 Å². The Balaban J connectivity index is 1.78. The average Bonchev–Trinajstić information content (AvgIpc) is 3.52. The first-order valence-corrected chi connectivity index (χ1v) is 16.6. The summed E-state index contributed by atoms with van der Waals surface area (Å²) in [4.78, 5) is 62.3. The number of rotatable bonds is 13. The highest BCUT2D eigenvalue weighted by Gasteiger charge is 2.52. The molecule has 1 atom stereocenters. The zero-order valence-corrected chi connectivity index (χ0v) is 27.1. The van der Waals surface area contributed by atoms with Crippen molar-refractivity contribution in [1.29, 1.82) is 0 Å². The summed E-state index contributed by atoms with van der Waals surface area (Å²) in [6.45, 7) is 6.14. The van der Waals surface area contributed by atoms with Crippen molar-refractivity contribution in [1.82, 2.24) is 14.9 Å². The van der Waals surface area contributed by atoms with E-state index in [-0.39, 0.29) is 49.5 Å². The minimum absolute atomic E-state index is 0.0320. The van der Waals surface area contributed by atoms with E-state index in [1.807, 2.05) is 44.2 Å². The molecule has 2 amide bonds. The van der Waals surface area contributed by atoms with Crippen LogP contribution in [-0.4, -0.2) is 76.4 Å². The van der Waals surface area contributed by atoms with Crippen molar-refractivity contribution in [3.05, 3.63) is 86.6 Å². The largest absolute Gasteiger partial charge is 0.482 e. The van der Waals surface area contributed by atoms with Crippen molar-refractivity contribution in [3.8, 4) is 5.75 Å². The van der Waals surface area contributed by atoms with E-state index in [0.29, 0.717) is 37.9 Å². The molecular weight excluding hydrogens is 602 g/mol. The van der Waals surface area contributed by atoms with Gasteiger partial charge >= 0.3 is 0 Å². The van der Waals surface area contributed by atoms with Gasteiger partial charge in [0, 0.05) is 38.9 Å². The standard InChI is InChI=1S/C32H42FN4O7P/c1-5-22(3)17-26(33)24(6-2)18-34-30(39)25-19-37-27(29(28(25)38)44-20-23-11-8-7-9-12-23)31(40)36(14-10-16-45(41)42)32(35(37)4)13-15-43-21-32/h7-9,11-12,17,19,41-42H,5-6,10,13-16,18,20-21H2,1-4H3,(H,34,39)/b22-17-,26-24-. The topological polar surface area (TPSA) is 134 Å². The third-order valence-corrected chi connectivity index (χ3v) is 9.09. The van der Waals surface area contributed by atoms with E-state index in [2.05, 4.69) is 5.32 Å². The van der Waals surface area contributed by atoms with Crippen LogP contribution >= 0.6 is 8.38 Å². The Bertz CT molecular complexity index is 1500. The number of halogens is 1. The van der Waals surface area contributed by atoms with E-state index in [1.165, 1.54) is 16.9 Å². The summed E-state index contributed by atoms with van der Waals surface area (Å²) in [5, 5.41) is 4.45. The lowest BCUT2D eigenvalue weighted by molar-refractivity contribution is 0.0221. The molecule has 0 saturated carbocycles. The molecule has 11 nitrogen and oxygen atoms in total. The van der Waals surface area contributed by atoms with Crippen molar-refractivity contribution < 1.29 is 33.2 Å². The fourth-order valence-corrected chi connectivity index (χ4v) is 5.93. The van der Waals surface area contributed by atoms with Crippen LogP contribution in [0.5, 0.6) is 5.75 Å². The second kappa shape index (κ2) is 15.1. The molecular formula is C32H42FN4O7P. The number of nitrogens with zero attached hydrogens (tertiary/aromatic N) is 3. The Labute approximate surface area is 263 Å². The van der Waals surface area contributed by atoms with Crippen molar-refractivity contribution in [3.63, 3.8) is 0 Å². The lowest BCUT2D eigenvalue weighted by Gasteiger charge is -2.52. The molecule has 1 fully saturated rings. The van der Waals surface area contributed by atoms with Crippen molar-refractivity contribution in [2.75, 3.05) is 44.5 Å². The number of allylic oxidation sites excluding steroid dienone is 3. The summed E-state index contributed by atoms with van der Waals surface area (Å²) in [6, 6.07) is 9.12. The number of ether oxygens (including phenoxy) is 2. The van der Waals surface area contributed by atoms with Crippen LogP contribution in [0.3, 0.4) is 0 Å². The molecule has 13 heteroatoms. The molecule has 0 aliphatic carbocycles. The van der Waals surface area contributed by atoms with E-state index in [9.17, 15) is 28.6 Å². The molecule has 1 saturated heterocycles. The number of aromatic nitrogens is 1. The highest BCUT2D eigenvalue weighted by molar-refractivity contribution is 7.45. The molecule has 1 spiro atoms. The normalized spacial score (nSPS) is 18.8. The molecule has 3 heterocycles. The number of benzene rings is 1. The number of hydrogen-bond donors (Lipinski definition) is 3. The predicted octanol–water partition coefficient (Wildman–Crippen LogP) is 3.97. The summed E-state index contributed by atoms with van der Waals surface area (Å²) in [6.07, 6.45) is 4.71. The molecule has 244 valence electrons. The van der Waals surface area contributed by atoms with Gasteiger partial charge in [0.05, 0.1) is 13.2 Å². The number of carbonyl (C=O) groups excluding carboxylic acids is 2. The molecule has 0 radical (unpaired) electrons. The van der Waals surface area contributed by atoms with Gasteiger partial charge in [-0.2, -0.15) is 0 Å². The third kappa shape index (κ3) is 7.47. The molecule has 45 heavy (non-hydrogen) atoms. The quantitative estimate of drug-likeness (QED) is 0.221. The Kier molecular flexibility index (Phi) is 11.5. The maximum Gasteiger partial charge on any atom is 0.278 e. The number of hydrogen-bond acceptors (Lipinski definition) is 8. The SMILES string of the molecule is CC/C(C)=C\C(F)=C(/CC)CNC(=O)c1cn2c(c(OCc3ccccc3)c1=O)C(=O)N(CCCP(O)O)C1(CCOC1)N2C. The minimum atomic E-state index is -2.14. The Morgan fingerprint density at radius 3 is 2.56 bits per heavy atom. The van der Waals surface area contributed by atoms with Crippen LogP contribution in [0, 0.1) is 0 Å². The second-order valence-electron chi connectivity index (χ2n) is 11.2. The van der Waals surface area contributed by atoms with Crippen LogP contribution in [0.4, 0.5) is 4.39 Å². The minimum Gasteiger partial charge on any atom is -0.482 e. The van der Waals surface area contributed by atoms with E-state index in [0.717, 1.165) is 11.1 Å². The fraction of sp³-hybridized carbons (Fsp3) is 0.469. The molecule has 2 aliphatic rings. The lowest BCUT2D eigenvalue weighted by Crippen LogP contribution is -2.70. The van der Waals surface area contributed by atoms with Crippen LogP contribution in [0.1, 0.15) is 72.9 Å². The molecule has 3 N–H and O–H groups in total. The fourth-order valence-electron chi connectivity index (χ4n) is 5.50. The van der Waals surface area contributed by atoms with Crippen LogP contribution in [0.15, 0.2) is 64.4 Å². The van der Waals surface area contributed by atoms with Gasteiger partial charge in [0.25, 0.3) is 11.8 Å². The van der Waals surface area contributed by atoms with Gasteiger partial charge in [-0.3, -0.25) is 24.1 Å². The molecule has 0 bridgehead atoms. The van der Waals surface area contributed by atoms with Crippen molar-refractivity contribution >= 4 is 20.2 Å². The zero-order valence-electron chi connectivity index (χ0n) is 26.2. The van der Waals surface area contributed by atoms with Crippen molar-refractivity contribution in [2.24, 2.45) is 0 Å². The second-order valence-corrected chi connectivity index (χ2v) is 12.4. The first kappa shape index (κ1) is 34.3. The number of likely N-dealkylation sites (N-methyl/N-ethyl adjacent to an activating group) is 1. The highest BCUT2D eigenvalue weighted by atomic mass is 31.2. The first-order valence-electron chi connectivity index (χ1n) is 15.1. The molecule has 1 aromatic carbocycles. The Morgan fingerprint density at radius 1 is 1.20 bits per heavy atom. The van der Waals surface area contributed by atoms with Gasteiger partial charge < -0.3 is 29.5 Å². The van der Waals surface area contributed by atoms with Gasteiger partial charge in [-0.15, -0.1) is 0 Å².